The predicted octanol–water partition coefficient (Wildman–Crippen LogP) is 1.44. The molecule has 37 heavy (non-hydrogen) atoms. The molecule has 0 saturated carbocycles. The van der Waals surface area contributed by atoms with Crippen LogP contribution < -0.4 is 21.4 Å². The summed E-state index contributed by atoms with van der Waals surface area (Å²) in [5, 5.41) is 10.2. The van der Waals surface area contributed by atoms with E-state index in [1.165, 1.54) is 16.7 Å². The molecule has 1 atom stereocenters. The third-order valence-corrected chi connectivity index (χ3v) is 8.35. The molecule has 4 heterocycles. The minimum atomic E-state index is -0.00672. The molecule has 6 rings (SSSR count). The van der Waals surface area contributed by atoms with Crippen molar-refractivity contribution in [2.24, 2.45) is 5.92 Å². The van der Waals surface area contributed by atoms with Gasteiger partial charge < -0.3 is 20.9 Å². The molecular formula is C26H28N9OS+. The van der Waals surface area contributed by atoms with Gasteiger partial charge in [-0.2, -0.15) is 0 Å². The highest BCUT2D eigenvalue weighted by atomic mass is 32.1. The second kappa shape index (κ2) is 9.74. The van der Waals surface area contributed by atoms with Crippen molar-refractivity contribution in [1.82, 2.24) is 24.8 Å². The lowest BCUT2D eigenvalue weighted by Gasteiger charge is -2.37. The van der Waals surface area contributed by atoms with Crippen LogP contribution in [0.25, 0.3) is 10.2 Å². The lowest BCUT2D eigenvalue weighted by Crippen LogP contribution is -2.51. The van der Waals surface area contributed by atoms with Gasteiger partial charge in [-0.15, -0.1) is 11.3 Å². The van der Waals surface area contributed by atoms with Crippen LogP contribution in [0.15, 0.2) is 43.1 Å². The number of benzene rings is 1. The number of amides is 1. The van der Waals surface area contributed by atoms with Gasteiger partial charge in [-0.05, 0) is 43.0 Å². The molecular weight excluding hydrogens is 486 g/mol. The van der Waals surface area contributed by atoms with Crippen LogP contribution in [0.5, 0.6) is 0 Å². The number of fused-ring (bicyclic) bond motifs is 3. The first-order chi connectivity index (χ1) is 18.1. The highest BCUT2D eigenvalue weighted by molar-refractivity contribution is 7.19. The number of anilines is 4. The summed E-state index contributed by atoms with van der Waals surface area (Å²) in [6.45, 7) is 2.94. The highest BCUT2D eigenvalue weighted by Crippen LogP contribution is 2.41. The van der Waals surface area contributed by atoms with Crippen molar-refractivity contribution in [2.45, 2.75) is 19.3 Å². The molecule has 5 N–H and O–H groups in total. The van der Waals surface area contributed by atoms with Crippen molar-refractivity contribution in [3.05, 3.63) is 59.1 Å². The summed E-state index contributed by atoms with van der Waals surface area (Å²) in [6.07, 6.45) is 10.6. The second-order valence-corrected chi connectivity index (χ2v) is 10.4. The largest absolute Gasteiger partial charge is 0.398 e. The highest BCUT2D eigenvalue weighted by Gasteiger charge is 2.33. The number of thiophene rings is 1. The molecule has 1 fully saturated rings. The molecule has 11 heteroatoms. The van der Waals surface area contributed by atoms with Gasteiger partial charge in [-0.1, -0.05) is 0 Å². The van der Waals surface area contributed by atoms with E-state index in [4.69, 9.17) is 11.1 Å². The number of nitrogen functional groups attached to an aromatic ring is 1. The third kappa shape index (κ3) is 4.46. The molecule has 0 bridgehead atoms. The van der Waals surface area contributed by atoms with E-state index in [1.807, 2.05) is 23.1 Å². The molecule has 1 saturated heterocycles. The maximum absolute atomic E-state index is 13.4. The van der Waals surface area contributed by atoms with Gasteiger partial charge in [0.1, 0.15) is 22.8 Å². The maximum atomic E-state index is 13.4. The Balaban J connectivity index is 1.18. The van der Waals surface area contributed by atoms with Gasteiger partial charge in [0, 0.05) is 60.7 Å². The molecule has 3 aromatic heterocycles. The number of rotatable bonds is 5. The SMILES string of the molecule is Nc1ccc(Nc2ncnc3sc4c(c23)CCC(C(=O)N2CCN(c3cnccn3)CC2)C4)cc1C=[NH2+]. The topological polar surface area (TPSA) is 139 Å². The third-order valence-electron chi connectivity index (χ3n) is 7.19. The summed E-state index contributed by atoms with van der Waals surface area (Å²) < 4.78 is 0. The Kier molecular flexibility index (Phi) is 6.13. The van der Waals surface area contributed by atoms with Crippen LogP contribution in [-0.4, -0.2) is 63.1 Å². The molecule has 0 radical (unpaired) electrons. The van der Waals surface area contributed by atoms with E-state index in [2.05, 4.69) is 30.2 Å². The fourth-order valence-electron chi connectivity index (χ4n) is 5.22. The van der Waals surface area contributed by atoms with E-state index in [-0.39, 0.29) is 11.8 Å². The summed E-state index contributed by atoms with van der Waals surface area (Å²) in [4.78, 5) is 37.4. The van der Waals surface area contributed by atoms with Crippen molar-refractivity contribution in [2.75, 3.05) is 42.1 Å². The van der Waals surface area contributed by atoms with E-state index in [0.29, 0.717) is 18.8 Å². The number of nitrogens with two attached hydrogens (primary N) is 2. The Labute approximate surface area is 218 Å². The molecule has 188 valence electrons. The van der Waals surface area contributed by atoms with Gasteiger partial charge in [0.15, 0.2) is 6.21 Å². The number of nitrogens with zero attached hydrogens (tertiary/aromatic N) is 6. The fraction of sp³-hybridized carbons (Fsp3) is 0.308. The number of hydrogen-bond donors (Lipinski definition) is 3. The van der Waals surface area contributed by atoms with Gasteiger partial charge in [-0.3, -0.25) is 15.2 Å². The molecule has 1 aliphatic carbocycles. The average molecular weight is 515 g/mol. The van der Waals surface area contributed by atoms with E-state index in [1.54, 1.807) is 36.3 Å². The van der Waals surface area contributed by atoms with Crippen molar-refractivity contribution in [1.29, 1.82) is 0 Å². The lowest BCUT2D eigenvalue weighted by atomic mass is 9.86. The Bertz CT molecular complexity index is 1460. The van der Waals surface area contributed by atoms with Crippen molar-refractivity contribution in [3.8, 4) is 0 Å². The number of nitrogens with one attached hydrogen (secondary N) is 1. The Morgan fingerprint density at radius 1 is 1.16 bits per heavy atom. The van der Waals surface area contributed by atoms with Crippen molar-refractivity contribution < 1.29 is 10.2 Å². The zero-order valence-corrected chi connectivity index (χ0v) is 21.1. The number of aryl methyl sites for hydroxylation is 1. The molecule has 1 aliphatic heterocycles. The molecule has 4 aromatic rings. The molecule has 1 amide bonds. The van der Waals surface area contributed by atoms with Gasteiger partial charge in [0.25, 0.3) is 0 Å². The second-order valence-electron chi connectivity index (χ2n) is 9.36. The number of hydrogen-bond acceptors (Lipinski definition) is 9. The average Bonchev–Trinajstić information content (AvgIpc) is 3.33. The van der Waals surface area contributed by atoms with Crippen LogP contribution in [0.3, 0.4) is 0 Å². The first-order valence-electron chi connectivity index (χ1n) is 12.4. The minimum Gasteiger partial charge on any atom is -0.398 e. The molecule has 2 aliphatic rings. The van der Waals surface area contributed by atoms with E-state index >= 15 is 0 Å². The first kappa shape index (κ1) is 23.3. The number of carbonyl (C=O) groups excluding carboxylic acids is 1. The van der Waals surface area contributed by atoms with Crippen molar-refractivity contribution >= 4 is 56.7 Å². The summed E-state index contributed by atoms with van der Waals surface area (Å²) >= 11 is 1.67. The Hall–Kier alpha value is -4.12. The zero-order chi connectivity index (χ0) is 25.4. The molecule has 10 nitrogen and oxygen atoms in total. The summed E-state index contributed by atoms with van der Waals surface area (Å²) in [7, 11) is 0. The van der Waals surface area contributed by atoms with Crippen LogP contribution in [0.1, 0.15) is 22.4 Å². The monoisotopic (exact) mass is 514 g/mol. The normalized spacial score (nSPS) is 17.5. The Morgan fingerprint density at radius 2 is 2.03 bits per heavy atom. The summed E-state index contributed by atoms with van der Waals surface area (Å²) in [5.41, 5.74) is 9.48. The van der Waals surface area contributed by atoms with Gasteiger partial charge >= 0.3 is 0 Å². The quantitative estimate of drug-likeness (QED) is 0.269. The predicted molar refractivity (Wildman–Crippen MR) is 145 cm³/mol. The summed E-state index contributed by atoms with van der Waals surface area (Å²) in [5.74, 6) is 1.87. The number of carbonyl (C=O) groups is 1. The smallest absolute Gasteiger partial charge is 0.226 e. The minimum absolute atomic E-state index is 0.00672. The lowest BCUT2D eigenvalue weighted by molar-refractivity contribution is -0.136. The van der Waals surface area contributed by atoms with E-state index in [0.717, 1.165) is 65.5 Å². The van der Waals surface area contributed by atoms with Crippen LogP contribution in [0.4, 0.5) is 23.0 Å². The number of piperazine rings is 1. The Morgan fingerprint density at radius 3 is 2.81 bits per heavy atom. The first-order valence-corrected chi connectivity index (χ1v) is 13.2. The fourth-order valence-corrected chi connectivity index (χ4v) is 6.49. The van der Waals surface area contributed by atoms with Gasteiger partial charge in [0.05, 0.1) is 17.1 Å². The molecule has 0 spiro atoms. The van der Waals surface area contributed by atoms with Crippen LogP contribution >= 0.6 is 11.3 Å². The van der Waals surface area contributed by atoms with E-state index < -0.39 is 0 Å². The molecule has 1 aromatic carbocycles. The standard InChI is InChI=1S/C26H27N9OS/c27-13-17-11-18(2-4-20(17)28)33-24-23-19-3-1-16(12-21(19)37-25(23)32-15-31-24)26(36)35-9-7-34(8-10-35)22-14-29-5-6-30-22/h2,4-6,11,13-16,27H,1,3,7-10,12,28H2,(H,31,32,33)/p+1. The van der Waals surface area contributed by atoms with E-state index in [9.17, 15) is 4.79 Å². The maximum Gasteiger partial charge on any atom is 0.226 e. The zero-order valence-electron chi connectivity index (χ0n) is 20.3. The van der Waals surface area contributed by atoms with Crippen molar-refractivity contribution in [3.63, 3.8) is 0 Å². The van der Waals surface area contributed by atoms with Gasteiger partial charge in [-0.25, -0.2) is 15.0 Å². The van der Waals surface area contributed by atoms with Crippen LogP contribution in [0, 0.1) is 5.92 Å². The van der Waals surface area contributed by atoms with Crippen LogP contribution in [0.2, 0.25) is 0 Å². The number of aromatic nitrogens is 4. The van der Waals surface area contributed by atoms with Crippen LogP contribution in [-0.2, 0) is 17.6 Å². The summed E-state index contributed by atoms with van der Waals surface area (Å²) in [6, 6.07) is 5.64. The molecule has 1 unspecified atom stereocenters. The van der Waals surface area contributed by atoms with Gasteiger partial charge in [0.2, 0.25) is 5.91 Å².